The van der Waals surface area contributed by atoms with Crippen LogP contribution in [0.5, 0.6) is 0 Å². The molecule has 0 fully saturated rings. The van der Waals surface area contributed by atoms with Crippen molar-refractivity contribution in [3.8, 4) is 0 Å². The predicted octanol–water partition coefficient (Wildman–Crippen LogP) is 0.431. The first kappa shape index (κ1) is 15.2. The quantitative estimate of drug-likeness (QED) is 0.320. The highest BCUT2D eigenvalue weighted by molar-refractivity contribution is 7.89. The molecule has 0 bridgehead atoms. The van der Waals surface area contributed by atoms with Gasteiger partial charge in [0.15, 0.2) is 5.84 Å². The molecule has 0 atom stereocenters. The summed E-state index contributed by atoms with van der Waals surface area (Å²) < 4.78 is 25.1. The lowest BCUT2D eigenvalue weighted by Crippen LogP contribution is -2.41. The van der Waals surface area contributed by atoms with Crippen LogP contribution in [0.2, 0.25) is 0 Å². The summed E-state index contributed by atoms with van der Waals surface area (Å²) in [5.74, 6) is -0.0775. The van der Waals surface area contributed by atoms with Crippen LogP contribution in [0.4, 0.5) is 0 Å². The first-order valence-electron chi connectivity index (χ1n) is 5.06. The zero-order chi connectivity index (χ0) is 13.0. The molecule has 0 aromatic carbocycles. The molecule has 0 amide bonds. The largest absolute Gasteiger partial charge is 0.409 e. The number of sulfonamides is 1. The van der Waals surface area contributed by atoms with E-state index >= 15 is 0 Å². The van der Waals surface area contributed by atoms with Gasteiger partial charge in [0.1, 0.15) is 0 Å². The van der Waals surface area contributed by atoms with Crippen LogP contribution >= 0.6 is 0 Å². The van der Waals surface area contributed by atoms with Crippen molar-refractivity contribution in [2.24, 2.45) is 16.3 Å². The number of nitrogens with two attached hydrogens (primary N) is 1. The molecule has 0 unspecified atom stereocenters. The minimum absolute atomic E-state index is 0.0343. The van der Waals surface area contributed by atoms with E-state index in [2.05, 4.69) is 5.16 Å². The van der Waals surface area contributed by atoms with Crippen LogP contribution in [0.25, 0.3) is 0 Å². The maximum Gasteiger partial charge on any atom is 0.215 e. The number of rotatable bonds is 5. The molecule has 0 saturated carbocycles. The third-order valence-corrected chi connectivity index (χ3v) is 4.23. The van der Waals surface area contributed by atoms with Gasteiger partial charge in [0.05, 0.1) is 12.3 Å². The van der Waals surface area contributed by atoms with Crippen molar-refractivity contribution < 1.29 is 13.6 Å². The second-order valence-electron chi connectivity index (χ2n) is 4.83. The van der Waals surface area contributed by atoms with Crippen LogP contribution < -0.4 is 5.73 Å². The molecule has 6 nitrogen and oxygen atoms in total. The van der Waals surface area contributed by atoms with Crippen molar-refractivity contribution in [1.29, 1.82) is 0 Å². The van der Waals surface area contributed by atoms with Crippen LogP contribution in [0.1, 0.15) is 27.7 Å². The minimum atomic E-state index is -3.37. The highest BCUT2D eigenvalue weighted by Crippen LogP contribution is 2.18. The zero-order valence-corrected chi connectivity index (χ0v) is 11.1. The molecule has 96 valence electrons. The summed E-state index contributed by atoms with van der Waals surface area (Å²) in [6.45, 7) is 7.48. The summed E-state index contributed by atoms with van der Waals surface area (Å²) in [4.78, 5) is 0. The predicted molar refractivity (Wildman–Crippen MR) is 63.9 cm³/mol. The van der Waals surface area contributed by atoms with Crippen molar-refractivity contribution >= 4 is 15.9 Å². The molecule has 16 heavy (non-hydrogen) atoms. The van der Waals surface area contributed by atoms with Gasteiger partial charge < -0.3 is 10.9 Å². The van der Waals surface area contributed by atoms with Crippen molar-refractivity contribution in [1.82, 2.24) is 4.31 Å². The Morgan fingerprint density at radius 3 is 2.25 bits per heavy atom. The molecular formula is C9H21N3O3S. The van der Waals surface area contributed by atoms with E-state index in [4.69, 9.17) is 10.9 Å². The zero-order valence-electron chi connectivity index (χ0n) is 10.3. The molecule has 0 rings (SSSR count). The van der Waals surface area contributed by atoms with Crippen LogP contribution in [0.3, 0.4) is 0 Å². The number of hydrogen-bond donors (Lipinski definition) is 2. The van der Waals surface area contributed by atoms with Crippen molar-refractivity contribution in [3.05, 3.63) is 0 Å². The Labute approximate surface area is 97.2 Å². The second kappa shape index (κ2) is 5.49. The summed E-state index contributed by atoms with van der Waals surface area (Å²) in [5.41, 5.74) is 4.98. The van der Waals surface area contributed by atoms with Gasteiger partial charge in [-0.3, -0.25) is 0 Å². The van der Waals surface area contributed by atoms with Gasteiger partial charge in [-0.1, -0.05) is 32.9 Å². The SMILES string of the molecule is CCN(CC(N)=NO)S(=O)(=O)CC(C)(C)C. The molecule has 0 heterocycles. The first-order valence-corrected chi connectivity index (χ1v) is 6.67. The lowest BCUT2D eigenvalue weighted by molar-refractivity contribution is 0.314. The van der Waals surface area contributed by atoms with Gasteiger partial charge in [0.25, 0.3) is 0 Å². The van der Waals surface area contributed by atoms with Gasteiger partial charge in [0.2, 0.25) is 10.0 Å². The van der Waals surface area contributed by atoms with Crippen LogP contribution in [-0.4, -0.2) is 42.6 Å². The molecular weight excluding hydrogens is 230 g/mol. The monoisotopic (exact) mass is 251 g/mol. The highest BCUT2D eigenvalue weighted by atomic mass is 32.2. The van der Waals surface area contributed by atoms with E-state index in [1.54, 1.807) is 6.92 Å². The second-order valence-corrected chi connectivity index (χ2v) is 6.80. The summed E-state index contributed by atoms with van der Waals surface area (Å²) in [6, 6.07) is 0. The Morgan fingerprint density at radius 2 is 1.94 bits per heavy atom. The van der Waals surface area contributed by atoms with Crippen molar-refractivity contribution in [2.45, 2.75) is 27.7 Å². The maximum absolute atomic E-state index is 12.0. The van der Waals surface area contributed by atoms with E-state index in [1.165, 1.54) is 4.31 Å². The normalized spacial score (nSPS) is 14.4. The lowest BCUT2D eigenvalue weighted by atomic mass is 10.0. The summed E-state index contributed by atoms with van der Waals surface area (Å²) >= 11 is 0. The lowest BCUT2D eigenvalue weighted by Gasteiger charge is -2.25. The highest BCUT2D eigenvalue weighted by Gasteiger charge is 2.27. The average molecular weight is 251 g/mol. The molecule has 0 radical (unpaired) electrons. The fourth-order valence-electron chi connectivity index (χ4n) is 1.26. The van der Waals surface area contributed by atoms with Gasteiger partial charge in [0, 0.05) is 6.54 Å². The molecule has 0 aliphatic carbocycles. The van der Waals surface area contributed by atoms with Crippen LogP contribution in [0, 0.1) is 5.41 Å². The number of amidine groups is 1. The van der Waals surface area contributed by atoms with E-state index in [-0.39, 0.29) is 23.5 Å². The van der Waals surface area contributed by atoms with Crippen molar-refractivity contribution in [3.63, 3.8) is 0 Å². The summed E-state index contributed by atoms with van der Waals surface area (Å²) in [5, 5.41) is 11.2. The Kier molecular flexibility index (Phi) is 5.21. The standard InChI is InChI=1S/C9H21N3O3S/c1-5-12(6-8(10)11-13)16(14,15)7-9(2,3)4/h13H,5-7H2,1-4H3,(H2,10,11). The number of nitrogens with zero attached hydrogens (tertiary/aromatic N) is 2. The fraction of sp³-hybridized carbons (Fsp3) is 0.889. The Balaban J connectivity index is 4.82. The van der Waals surface area contributed by atoms with Gasteiger partial charge in [-0.05, 0) is 5.41 Å². The smallest absolute Gasteiger partial charge is 0.215 e. The van der Waals surface area contributed by atoms with E-state index in [0.29, 0.717) is 6.54 Å². The molecule has 0 aromatic heterocycles. The average Bonchev–Trinajstić information content (AvgIpc) is 2.09. The van der Waals surface area contributed by atoms with E-state index < -0.39 is 10.0 Å². The third-order valence-electron chi connectivity index (χ3n) is 1.83. The van der Waals surface area contributed by atoms with Crippen LogP contribution in [0.15, 0.2) is 5.16 Å². The first-order chi connectivity index (χ1) is 7.12. The van der Waals surface area contributed by atoms with E-state index in [0.717, 1.165) is 0 Å². The Bertz CT molecular complexity index is 344. The molecule has 0 spiro atoms. The van der Waals surface area contributed by atoms with Crippen molar-refractivity contribution in [2.75, 3.05) is 18.8 Å². The number of likely N-dealkylation sites (N-methyl/N-ethyl adjacent to an activating group) is 1. The Hall–Kier alpha value is -0.820. The molecule has 3 N–H and O–H groups in total. The van der Waals surface area contributed by atoms with Crippen LogP contribution in [-0.2, 0) is 10.0 Å². The van der Waals surface area contributed by atoms with Gasteiger partial charge >= 0.3 is 0 Å². The molecule has 0 saturated heterocycles. The Morgan fingerprint density at radius 1 is 1.44 bits per heavy atom. The molecule has 0 aliphatic heterocycles. The fourth-order valence-corrected chi connectivity index (χ4v) is 3.26. The number of hydrogen-bond acceptors (Lipinski definition) is 4. The molecule has 0 aromatic rings. The minimum Gasteiger partial charge on any atom is -0.409 e. The van der Waals surface area contributed by atoms with Gasteiger partial charge in [-0.25, -0.2) is 8.42 Å². The topological polar surface area (TPSA) is 96.0 Å². The molecule has 7 heteroatoms. The van der Waals surface area contributed by atoms with Gasteiger partial charge in [-0.15, -0.1) is 0 Å². The number of oxime groups is 1. The summed E-state index contributed by atoms with van der Waals surface area (Å²) in [7, 11) is -3.37. The maximum atomic E-state index is 12.0. The molecule has 0 aliphatic rings. The van der Waals surface area contributed by atoms with E-state index in [9.17, 15) is 8.42 Å². The van der Waals surface area contributed by atoms with Gasteiger partial charge in [-0.2, -0.15) is 4.31 Å². The summed E-state index contributed by atoms with van der Waals surface area (Å²) in [6.07, 6.45) is 0. The third kappa shape index (κ3) is 5.32. The van der Waals surface area contributed by atoms with E-state index in [1.807, 2.05) is 20.8 Å².